The SMILES string of the molecule is O=C(CCN1CCCCC1)NCC1(Cc2cccc3ccccc23)CCN(Cc2ccccc2)CC1. The predicted octanol–water partition coefficient (Wildman–Crippen LogP) is 5.66. The minimum Gasteiger partial charge on any atom is -0.355 e. The lowest BCUT2D eigenvalue weighted by Crippen LogP contribution is -2.47. The third kappa shape index (κ3) is 6.54. The molecule has 0 aliphatic carbocycles. The van der Waals surface area contributed by atoms with Crippen molar-refractivity contribution in [3.63, 3.8) is 0 Å². The Morgan fingerprint density at radius 2 is 1.50 bits per heavy atom. The first-order valence-corrected chi connectivity index (χ1v) is 13.9. The molecule has 5 rings (SSSR count). The van der Waals surface area contributed by atoms with Gasteiger partial charge in [-0.3, -0.25) is 9.69 Å². The van der Waals surface area contributed by atoms with Crippen molar-refractivity contribution in [1.29, 1.82) is 0 Å². The molecule has 190 valence electrons. The second-order valence-electron chi connectivity index (χ2n) is 11.0. The molecule has 2 aliphatic heterocycles. The molecule has 0 aromatic heterocycles. The number of hydrogen-bond donors (Lipinski definition) is 1. The molecule has 1 N–H and O–H groups in total. The minimum absolute atomic E-state index is 0.0953. The second-order valence-corrected chi connectivity index (χ2v) is 11.0. The summed E-state index contributed by atoms with van der Waals surface area (Å²) in [6.07, 6.45) is 7.72. The van der Waals surface area contributed by atoms with E-state index in [1.54, 1.807) is 0 Å². The Morgan fingerprint density at radius 3 is 2.31 bits per heavy atom. The van der Waals surface area contributed by atoms with Crippen LogP contribution in [0, 0.1) is 5.41 Å². The minimum atomic E-state index is 0.0953. The molecule has 0 bridgehead atoms. The van der Waals surface area contributed by atoms with Crippen molar-refractivity contribution in [1.82, 2.24) is 15.1 Å². The van der Waals surface area contributed by atoms with Gasteiger partial charge in [-0.25, -0.2) is 0 Å². The summed E-state index contributed by atoms with van der Waals surface area (Å²) < 4.78 is 0. The number of hydrogen-bond acceptors (Lipinski definition) is 3. The molecule has 2 saturated heterocycles. The Bertz CT molecular complexity index is 1110. The first-order chi connectivity index (χ1) is 17.7. The van der Waals surface area contributed by atoms with E-state index < -0.39 is 0 Å². The molecule has 2 heterocycles. The number of likely N-dealkylation sites (tertiary alicyclic amines) is 2. The van der Waals surface area contributed by atoms with Gasteiger partial charge in [-0.2, -0.15) is 0 Å². The fourth-order valence-corrected chi connectivity index (χ4v) is 6.11. The quantitative estimate of drug-likeness (QED) is 0.427. The van der Waals surface area contributed by atoms with Crippen molar-refractivity contribution in [2.45, 2.75) is 51.5 Å². The standard InChI is InChI=1S/C32H41N3O/c36-31(16-21-34-19-7-2-8-20-34)33-26-32(24-29-14-9-13-28-12-5-6-15-30(28)29)17-22-35(23-18-32)25-27-10-3-1-4-11-27/h1,3-6,9-15H,2,7-8,16-26H2,(H,33,36). The molecule has 0 unspecified atom stereocenters. The maximum absolute atomic E-state index is 12.9. The van der Waals surface area contributed by atoms with Crippen molar-refractivity contribution >= 4 is 16.7 Å². The lowest BCUT2D eigenvalue weighted by atomic mass is 9.73. The van der Waals surface area contributed by atoms with Gasteiger partial charge < -0.3 is 10.2 Å². The van der Waals surface area contributed by atoms with E-state index in [1.807, 2.05) is 0 Å². The Balaban J connectivity index is 1.25. The van der Waals surface area contributed by atoms with Crippen LogP contribution in [0.15, 0.2) is 72.8 Å². The van der Waals surface area contributed by atoms with E-state index in [0.717, 1.165) is 65.1 Å². The summed E-state index contributed by atoms with van der Waals surface area (Å²) in [5.74, 6) is 0.213. The van der Waals surface area contributed by atoms with Crippen LogP contribution in [-0.4, -0.2) is 55.0 Å². The monoisotopic (exact) mass is 483 g/mol. The Morgan fingerprint density at radius 1 is 0.778 bits per heavy atom. The summed E-state index contributed by atoms with van der Waals surface area (Å²) in [5, 5.41) is 6.03. The van der Waals surface area contributed by atoms with Crippen molar-refractivity contribution in [2.75, 3.05) is 39.3 Å². The smallest absolute Gasteiger partial charge is 0.221 e. The summed E-state index contributed by atoms with van der Waals surface area (Å²) in [6.45, 7) is 7.12. The lowest BCUT2D eigenvalue weighted by molar-refractivity contribution is -0.122. The highest BCUT2D eigenvalue weighted by Crippen LogP contribution is 2.37. The molecule has 0 atom stereocenters. The van der Waals surface area contributed by atoms with Gasteiger partial charge in [-0.15, -0.1) is 0 Å². The number of nitrogens with one attached hydrogen (secondary N) is 1. The van der Waals surface area contributed by atoms with Gasteiger partial charge in [0.1, 0.15) is 0 Å². The summed E-state index contributed by atoms with van der Waals surface area (Å²) >= 11 is 0. The largest absolute Gasteiger partial charge is 0.355 e. The van der Waals surface area contributed by atoms with Gasteiger partial charge in [0.2, 0.25) is 5.91 Å². The van der Waals surface area contributed by atoms with Crippen LogP contribution in [0.5, 0.6) is 0 Å². The molecule has 2 fully saturated rings. The van der Waals surface area contributed by atoms with Crippen LogP contribution >= 0.6 is 0 Å². The third-order valence-electron chi connectivity index (χ3n) is 8.38. The zero-order valence-electron chi connectivity index (χ0n) is 21.6. The fourth-order valence-electron chi connectivity index (χ4n) is 6.11. The fraction of sp³-hybridized carbons (Fsp3) is 0.469. The van der Waals surface area contributed by atoms with Gasteiger partial charge in [-0.05, 0) is 85.6 Å². The number of rotatable bonds is 9. The van der Waals surface area contributed by atoms with Gasteiger partial charge in [0.15, 0.2) is 0 Å². The number of amides is 1. The van der Waals surface area contributed by atoms with Gasteiger partial charge in [0.25, 0.3) is 0 Å². The summed E-state index contributed by atoms with van der Waals surface area (Å²) in [5.41, 5.74) is 2.88. The van der Waals surface area contributed by atoms with Crippen LogP contribution in [0.2, 0.25) is 0 Å². The molecule has 1 amide bonds. The maximum atomic E-state index is 12.9. The van der Waals surface area contributed by atoms with Crippen LogP contribution < -0.4 is 5.32 Å². The van der Waals surface area contributed by atoms with Gasteiger partial charge in [-0.1, -0.05) is 79.2 Å². The van der Waals surface area contributed by atoms with E-state index >= 15 is 0 Å². The highest BCUT2D eigenvalue weighted by molar-refractivity contribution is 5.85. The molecular weight excluding hydrogens is 442 g/mol. The van der Waals surface area contributed by atoms with E-state index in [1.165, 1.54) is 41.2 Å². The Kier molecular flexibility index (Phi) is 8.35. The molecule has 36 heavy (non-hydrogen) atoms. The van der Waals surface area contributed by atoms with Gasteiger partial charge in [0, 0.05) is 26.1 Å². The summed E-state index contributed by atoms with van der Waals surface area (Å²) in [4.78, 5) is 17.9. The molecule has 3 aromatic rings. The van der Waals surface area contributed by atoms with Gasteiger partial charge >= 0.3 is 0 Å². The first-order valence-electron chi connectivity index (χ1n) is 13.9. The summed E-state index contributed by atoms with van der Waals surface area (Å²) in [7, 11) is 0. The van der Waals surface area contributed by atoms with E-state index in [4.69, 9.17) is 0 Å². The van der Waals surface area contributed by atoms with E-state index in [-0.39, 0.29) is 11.3 Å². The molecule has 4 heteroatoms. The third-order valence-corrected chi connectivity index (χ3v) is 8.38. The van der Waals surface area contributed by atoms with Crippen molar-refractivity contribution in [2.24, 2.45) is 5.41 Å². The topological polar surface area (TPSA) is 35.6 Å². The average Bonchev–Trinajstić information content (AvgIpc) is 2.93. The normalized spacial score (nSPS) is 18.8. The number of piperidine rings is 2. The maximum Gasteiger partial charge on any atom is 0.221 e. The zero-order valence-corrected chi connectivity index (χ0v) is 21.6. The zero-order chi connectivity index (χ0) is 24.6. The predicted molar refractivity (Wildman–Crippen MR) is 149 cm³/mol. The molecular formula is C32H41N3O. The first kappa shape index (κ1) is 25.0. The molecule has 2 aliphatic rings. The Labute approximate surface area is 216 Å². The van der Waals surface area contributed by atoms with E-state index in [9.17, 15) is 4.79 Å². The number of nitrogens with zero attached hydrogens (tertiary/aromatic N) is 2. The average molecular weight is 484 g/mol. The lowest BCUT2D eigenvalue weighted by Gasteiger charge is -2.42. The number of fused-ring (bicyclic) bond motifs is 1. The summed E-state index contributed by atoms with van der Waals surface area (Å²) in [6, 6.07) is 26.2. The van der Waals surface area contributed by atoms with Crippen LogP contribution in [0.25, 0.3) is 10.8 Å². The molecule has 0 spiro atoms. The van der Waals surface area contributed by atoms with Crippen LogP contribution in [0.1, 0.15) is 49.7 Å². The second kappa shape index (κ2) is 12.0. The van der Waals surface area contributed by atoms with E-state index in [0.29, 0.717) is 6.42 Å². The van der Waals surface area contributed by atoms with Crippen LogP contribution in [0.4, 0.5) is 0 Å². The van der Waals surface area contributed by atoms with Crippen molar-refractivity contribution < 1.29 is 4.79 Å². The highest BCUT2D eigenvalue weighted by atomic mass is 16.1. The molecule has 4 nitrogen and oxygen atoms in total. The number of carbonyl (C=O) groups is 1. The van der Waals surface area contributed by atoms with E-state index in [2.05, 4.69) is 87.9 Å². The number of benzene rings is 3. The van der Waals surface area contributed by atoms with Crippen molar-refractivity contribution in [3.8, 4) is 0 Å². The highest BCUT2D eigenvalue weighted by Gasteiger charge is 2.35. The van der Waals surface area contributed by atoms with Crippen LogP contribution in [-0.2, 0) is 17.8 Å². The van der Waals surface area contributed by atoms with Crippen LogP contribution in [0.3, 0.4) is 0 Å². The molecule has 3 aromatic carbocycles. The Hall–Kier alpha value is -2.69. The molecule has 0 saturated carbocycles. The molecule has 0 radical (unpaired) electrons. The van der Waals surface area contributed by atoms with Gasteiger partial charge in [0.05, 0.1) is 0 Å². The van der Waals surface area contributed by atoms with Crippen molar-refractivity contribution in [3.05, 3.63) is 83.9 Å². The number of carbonyl (C=O) groups excluding carboxylic acids is 1.